The first kappa shape index (κ1) is 6.87. The fourth-order valence-electron chi connectivity index (χ4n) is 0.187. The van der Waals surface area contributed by atoms with Crippen molar-refractivity contribution in [2.24, 2.45) is 0 Å². The molecule has 0 aliphatic carbocycles. The van der Waals surface area contributed by atoms with Crippen LogP contribution in [0.4, 0.5) is 0 Å². The van der Waals surface area contributed by atoms with Gasteiger partial charge < -0.3 is 5.11 Å². The predicted octanol–water partition coefficient (Wildman–Crippen LogP) is -0.262. The Labute approximate surface area is 45.1 Å². The van der Waals surface area contributed by atoms with Crippen molar-refractivity contribution in [3.8, 4) is 0 Å². The monoisotopic (exact) mass is 121 g/mol. The first-order chi connectivity index (χ1) is 3.63. The molecule has 46 valence electrons. The maximum absolute atomic E-state index is 9.60. The minimum absolute atomic E-state index is 0.396. The van der Waals surface area contributed by atoms with Crippen LogP contribution >= 0.6 is 0 Å². The SMILES string of the molecule is O=C(O)CC[N+]([O-])=[18O]. The van der Waals surface area contributed by atoms with Gasteiger partial charge in [0.05, 0.1) is 0 Å². The van der Waals surface area contributed by atoms with E-state index in [2.05, 4.69) is 0 Å². The number of hydrogen-bond acceptors (Lipinski definition) is 3. The summed E-state index contributed by atoms with van der Waals surface area (Å²) in [7, 11) is 0. The zero-order valence-corrected chi connectivity index (χ0v) is 4.03. The number of carboxylic acids is 1. The maximum atomic E-state index is 9.60. The smallest absolute Gasteiger partial charge is 0.310 e. The Hall–Kier alpha value is -1.13. The quantitative estimate of drug-likeness (QED) is 0.317. The third-order valence-electron chi connectivity index (χ3n) is 0.508. The summed E-state index contributed by atoms with van der Waals surface area (Å²) in [4.78, 5) is 18.4. The van der Waals surface area contributed by atoms with Gasteiger partial charge in [-0.1, -0.05) is 0 Å². The number of nitro groups is 1. The molecular formula is C3H5NO4. The highest BCUT2D eigenvalue weighted by Gasteiger charge is 2.01. The van der Waals surface area contributed by atoms with Crippen LogP contribution in [-0.4, -0.2) is 22.5 Å². The van der Waals surface area contributed by atoms with Crippen LogP contribution in [0.1, 0.15) is 6.42 Å². The van der Waals surface area contributed by atoms with Crippen molar-refractivity contribution in [2.45, 2.75) is 6.42 Å². The third-order valence-corrected chi connectivity index (χ3v) is 0.508. The largest absolute Gasteiger partial charge is 0.481 e. The van der Waals surface area contributed by atoms with E-state index in [1.165, 1.54) is 0 Å². The van der Waals surface area contributed by atoms with E-state index in [0.29, 0.717) is 0 Å². The molecule has 8 heavy (non-hydrogen) atoms. The number of rotatable bonds is 3. The van der Waals surface area contributed by atoms with Crippen LogP contribution in [0, 0.1) is 10.1 Å². The van der Waals surface area contributed by atoms with Gasteiger partial charge >= 0.3 is 5.97 Å². The van der Waals surface area contributed by atoms with E-state index in [0.717, 1.165) is 0 Å². The van der Waals surface area contributed by atoms with E-state index in [-0.39, 0.29) is 0 Å². The van der Waals surface area contributed by atoms with E-state index in [4.69, 9.17) is 5.11 Å². The molecule has 0 spiro atoms. The molecule has 0 amide bonds. The first-order valence-electron chi connectivity index (χ1n) is 1.96. The van der Waals surface area contributed by atoms with Gasteiger partial charge in [0, 0.05) is 4.92 Å². The standard InChI is InChI=1S/C3H5NO4/c5-3(6)1-2-4(7)8/h1-2H2,(H,5,6)/i7+2. The van der Waals surface area contributed by atoms with Gasteiger partial charge in [0.15, 0.2) is 0 Å². The number of carboxylic acid groups (broad SMARTS) is 1. The lowest BCUT2D eigenvalue weighted by atomic mass is 10.4. The van der Waals surface area contributed by atoms with Crippen molar-refractivity contribution in [3.05, 3.63) is 10.1 Å². The lowest BCUT2D eigenvalue weighted by Crippen LogP contribution is -2.06. The molecule has 0 atom stereocenters. The molecule has 0 bridgehead atoms. The first-order valence-corrected chi connectivity index (χ1v) is 1.96. The third kappa shape index (κ3) is 4.87. The fourth-order valence-corrected chi connectivity index (χ4v) is 0.187. The summed E-state index contributed by atoms with van der Waals surface area (Å²) in [5.41, 5.74) is 0. The molecule has 0 heterocycles. The number of carbonyl (C=O) groups is 1. The Morgan fingerprint density at radius 1 is 1.88 bits per heavy atom. The molecular weight excluding hydrogens is 116 g/mol. The van der Waals surface area contributed by atoms with Crippen LogP contribution in [0.2, 0.25) is 0 Å². The maximum Gasteiger partial charge on any atom is 0.310 e. The summed E-state index contributed by atoms with van der Waals surface area (Å²) < 4.78 is 0. The lowest BCUT2D eigenvalue weighted by molar-refractivity contribution is -0.478. The van der Waals surface area contributed by atoms with Crippen LogP contribution in [-0.2, 0) is 4.79 Å². The molecule has 0 saturated heterocycles. The Morgan fingerprint density at radius 2 is 2.38 bits per heavy atom. The van der Waals surface area contributed by atoms with Gasteiger partial charge in [-0.15, -0.1) is 0 Å². The molecule has 0 radical (unpaired) electrons. The van der Waals surface area contributed by atoms with E-state index in [1.54, 1.807) is 0 Å². The van der Waals surface area contributed by atoms with Crippen molar-refractivity contribution in [1.82, 2.24) is 0 Å². The highest BCUT2D eigenvalue weighted by atomic mass is 18.1. The molecule has 0 rings (SSSR count). The normalized spacial score (nSPS) is 8.50. The molecule has 0 aromatic carbocycles. The van der Waals surface area contributed by atoms with Gasteiger partial charge in [0.2, 0.25) is 6.54 Å². The van der Waals surface area contributed by atoms with E-state index in [9.17, 15) is 14.9 Å². The average molecular weight is 121 g/mol. The van der Waals surface area contributed by atoms with Gasteiger partial charge in [-0.25, -0.2) is 0 Å². The predicted molar refractivity (Wildman–Crippen MR) is 24.1 cm³/mol. The van der Waals surface area contributed by atoms with Gasteiger partial charge in [-0.05, 0) is 0 Å². The summed E-state index contributed by atoms with van der Waals surface area (Å²) in [6.45, 7) is -0.491. The number of hydrogen-bond donors (Lipinski definition) is 1. The van der Waals surface area contributed by atoms with E-state index >= 15 is 0 Å². The fraction of sp³-hybridized carbons (Fsp3) is 0.667. The molecule has 0 aliphatic heterocycles. The second kappa shape index (κ2) is 2.95. The topological polar surface area (TPSA) is 80.4 Å². The van der Waals surface area contributed by atoms with Crippen LogP contribution in [0.25, 0.3) is 0 Å². The van der Waals surface area contributed by atoms with Crippen LogP contribution in [0.5, 0.6) is 0 Å². The molecule has 5 heteroatoms. The summed E-state index contributed by atoms with van der Waals surface area (Å²) in [6.07, 6.45) is -0.396. The Morgan fingerprint density at radius 3 is 2.50 bits per heavy atom. The number of nitrogens with zero attached hydrogens (tertiary/aromatic N) is 1. The Kier molecular flexibility index (Phi) is 2.53. The second-order valence-corrected chi connectivity index (χ2v) is 1.20. The van der Waals surface area contributed by atoms with Crippen molar-refractivity contribution < 1.29 is 14.8 Å². The number of aliphatic carboxylic acids is 1. The summed E-state index contributed by atoms with van der Waals surface area (Å²) in [5.74, 6) is -1.14. The van der Waals surface area contributed by atoms with Gasteiger partial charge in [0.1, 0.15) is 6.42 Å². The minimum Gasteiger partial charge on any atom is -0.481 e. The van der Waals surface area contributed by atoms with Gasteiger partial charge in [-0.2, -0.15) is 0 Å². The highest BCUT2D eigenvalue weighted by Crippen LogP contribution is 1.77. The van der Waals surface area contributed by atoms with E-state index in [1.807, 2.05) is 0 Å². The Balaban J connectivity index is 3.18. The lowest BCUT2D eigenvalue weighted by Gasteiger charge is -1.84. The highest BCUT2D eigenvalue weighted by molar-refractivity contribution is 5.66. The van der Waals surface area contributed by atoms with Crippen molar-refractivity contribution >= 4 is 5.97 Å². The molecule has 0 fully saturated rings. The van der Waals surface area contributed by atoms with E-state index < -0.39 is 23.9 Å². The van der Waals surface area contributed by atoms with Gasteiger partial charge in [0.25, 0.3) is 0 Å². The van der Waals surface area contributed by atoms with Crippen molar-refractivity contribution in [2.75, 3.05) is 6.54 Å². The molecule has 5 nitrogen and oxygen atoms in total. The summed E-state index contributed by atoms with van der Waals surface area (Å²) in [6, 6.07) is 0. The molecule has 0 aromatic heterocycles. The second-order valence-electron chi connectivity index (χ2n) is 1.20. The summed E-state index contributed by atoms with van der Waals surface area (Å²) in [5, 5.41) is 17.3. The zero-order chi connectivity index (χ0) is 6.57. The molecule has 1 N–H and O–H groups in total. The van der Waals surface area contributed by atoms with Crippen LogP contribution in [0.15, 0.2) is 0 Å². The molecule has 0 saturated carbocycles. The van der Waals surface area contributed by atoms with Gasteiger partial charge in [-0.3, -0.25) is 14.9 Å². The average Bonchev–Trinajstić information content (AvgIpc) is 1.61. The Bertz CT molecular complexity index is 95.9. The zero-order valence-electron chi connectivity index (χ0n) is 4.03. The van der Waals surface area contributed by atoms with Crippen molar-refractivity contribution in [1.29, 1.82) is 0 Å². The molecule has 0 unspecified atom stereocenters. The molecule has 0 aliphatic rings. The summed E-state index contributed by atoms with van der Waals surface area (Å²) >= 11 is 0. The van der Waals surface area contributed by atoms with Crippen molar-refractivity contribution in [3.63, 3.8) is 0 Å². The van der Waals surface area contributed by atoms with Crippen LogP contribution < -0.4 is 0 Å². The molecule has 0 aromatic rings. The minimum atomic E-state index is -1.14. The van der Waals surface area contributed by atoms with Crippen LogP contribution in [0.3, 0.4) is 0 Å².